The molecule has 1 aromatic rings. The monoisotopic (exact) mass is 309 g/mol. The molecule has 1 fully saturated rings. The van der Waals surface area contributed by atoms with E-state index in [2.05, 4.69) is 10.3 Å². The summed E-state index contributed by atoms with van der Waals surface area (Å²) in [5.74, 6) is -1.26. The highest BCUT2D eigenvalue weighted by molar-refractivity contribution is 5.98. The van der Waals surface area contributed by atoms with Gasteiger partial charge in [-0.05, 0) is 26.3 Å². The van der Waals surface area contributed by atoms with Crippen molar-refractivity contribution < 1.29 is 24.2 Å². The number of rotatable bonds is 4. The summed E-state index contributed by atoms with van der Waals surface area (Å²) in [7, 11) is 0. The van der Waals surface area contributed by atoms with Crippen molar-refractivity contribution >= 4 is 17.9 Å². The van der Waals surface area contributed by atoms with Crippen LogP contribution in [0.15, 0.2) is 0 Å². The van der Waals surface area contributed by atoms with Gasteiger partial charge in [-0.2, -0.15) is 0 Å². The van der Waals surface area contributed by atoms with E-state index >= 15 is 0 Å². The van der Waals surface area contributed by atoms with Crippen molar-refractivity contribution in [2.24, 2.45) is 0 Å². The van der Waals surface area contributed by atoms with Crippen LogP contribution in [0.3, 0.4) is 0 Å². The van der Waals surface area contributed by atoms with Crippen LogP contribution in [0.5, 0.6) is 0 Å². The molecule has 22 heavy (non-hydrogen) atoms. The number of aromatic amines is 1. The van der Waals surface area contributed by atoms with E-state index in [0.717, 1.165) is 4.90 Å². The number of urea groups is 1. The summed E-state index contributed by atoms with van der Waals surface area (Å²) in [4.78, 5) is 39.0. The summed E-state index contributed by atoms with van der Waals surface area (Å²) >= 11 is 0. The molecule has 3 amide bonds. The predicted molar refractivity (Wildman–Crippen MR) is 76.3 cm³/mol. The Morgan fingerprint density at radius 1 is 1.41 bits per heavy atom. The number of nitrogens with zero attached hydrogens (tertiary/aromatic N) is 1. The highest BCUT2D eigenvalue weighted by Gasteiger charge is 2.28. The number of esters is 1. The number of hydrogen-bond donors (Lipinski definition) is 3. The maximum Gasteiger partial charge on any atom is 0.355 e. The van der Waals surface area contributed by atoms with Gasteiger partial charge in [0.2, 0.25) is 0 Å². The van der Waals surface area contributed by atoms with E-state index in [9.17, 15) is 19.5 Å². The second-order valence-electron chi connectivity index (χ2n) is 5.19. The molecule has 1 atom stereocenters. The lowest BCUT2D eigenvalue weighted by atomic mass is 10.1. The molecule has 8 heteroatoms. The van der Waals surface area contributed by atoms with Gasteiger partial charge in [-0.25, -0.2) is 9.59 Å². The van der Waals surface area contributed by atoms with Crippen molar-refractivity contribution in [1.29, 1.82) is 0 Å². The minimum absolute atomic E-state index is 0.201. The van der Waals surface area contributed by atoms with Crippen LogP contribution < -0.4 is 5.32 Å². The second-order valence-corrected chi connectivity index (χ2v) is 5.19. The fraction of sp³-hybridized carbons (Fsp3) is 0.500. The lowest BCUT2D eigenvalue weighted by Crippen LogP contribution is -2.37. The van der Waals surface area contributed by atoms with E-state index in [0.29, 0.717) is 23.4 Å². The molecule has 8 nitrogen and oxygen atoms in total. The number of aromatic nitrogens is 1. The number of aliphatic hydroxyl groups excluding tert-OH is 1. The molecule has 0 bridgehead atoms. The van der Waals surface area contributed by atoms with Crippen molar-refractivity contribution in [3.63, 3.8) is 0 Å². The van der Waals surface area contributed by atoms with Crippen LogP contribution in [0.2, 0.25) is 0 Å². The van der Waals surface area contributed by atoms with Crippen LogP contribution in [0, 0.1) is 13.8 Å². The van der Waals surface area contributed by atoms with Crippen LogP contribution in [0.4, 0.5) is 4.79 Å². The molecule has 1 aromatic heterocycles. The van der Waals surface area contributed by atoms with E-state index in [-0.39, 0.29) is 12.2 Å². The molecule has 2 heterocycles. The Hall–Kier alpha value is -2.35. The first-order valence-corrected chi connectivity index (χ1v) is 6.95. The molecule has 0 radical (unpaired) electrons. The van der Waals surface area contributed by atoms with Crippen LogP contribution in [-0.2, 0) is 9.53 Å². The zero-order valence-electron chi connectivity index (χ0n) is 12.7. The Labute approximate surface area is 127 Å². The Kier molecular flexibility index (Phi) is 4.51. The van der Waals surface area contributed by atoms with Gasteiger partial charge in [0.25, 0.3) is 5.91 Å². The number of nitrogens with one attached hydrogen (secondary N) is 2. The molecule has 1 saturated heterocycles. The lowest BCUT2D eigenvalue weighted by Gasteiger charge is -2.12. The zero-order chi connectivity index (χ0) is 16.4. The largest absolute Gasteiger partial charge is 0.451 e. The van der Waals surface area contributed by atoms with Gasteiger partial charge in [0.15, 0.2) is 6.61 Å². The number of carbonyl (C=O) groups is 3. The Morgan fingerprint density at radius 3 is 2.59 bits per heavy atom. The first-order chi connectivity index (χ1) is 10.3. The maximum atomic E-state index is 12.0. The number of hydrogen-bond acceptors (Lipinski definition) is 5. The van der Waals surface area contributed by atoms with E-state index in [1.54, 1.807) is 20.8 Å². The molecule has 3 N–H and O–H groups in total. The third kappa shape index (κ3) is 2.96. The summed E-state index contributed by atoms with van der Waals surface area (Å²) < 4.78 is 4.96. The van der Waals surface area contributed by atoms with Gasteiger partial charge < -0.3 is 20.1 Å². The van der Waals surface area contributed by atoms with Gasteiger partial charge >= 0.3 is 12.0 Å². The Morgan fingerprint density at radius 2 is 2.09 bits per heavy atom. The van der Waals surface area contributed by atoms with E-state index in [1.807, 2.05) is 0 Å². The molecule has 0 saturated carbocycles. The average molecular weight is 309 g/mol. The van der Waals surface area contributed by atoms with Crippen molar-refractivity contribution in [1.82, 2.24) is 15.2 Å². The van der Waals surface area contributed by atoms with Gasteiger partial charge in [-0.3, -0.25) is 9.69 Å². The minimum atomic E-state index is -0.715. The van der Waals surface area contributed by atoms with Crippen molar-refractivity contribution in [2.45, 2.75) is 26.9 Å². The number of carbonyl (C=O) groups excluding carboxylic acids is 3. The fourth-order valence-corrected chi connectivity index (χ4v) is 2.58. The number of imide groups is 1. The third-order valence-corrected chi connectivity index (χ3v) is 3.60. The van der Waals surface area contributed by atoms with Crippen molar-refractivity contribution in [2.75, 3.05) is 19.7 Å². The summed E-state index contributed by atoms with van der Waals surface area (Å²) in [6, 6.07) is -0.482. The van der Waals surface area contributed by atoms with Gasteiger partial charge in [0.1, 0.15) is 5.69 Å². The number of H-pyrrole nitrogens is 1. The van der Waals surface area contributed by atoms with Crippen LogP contribution in [0.25, 0.3) is 0 Å². The molecule has 1 aliphatic rings. The predicted octanol–water partition coefficient (Wildman–Crippen LogP) is 0.393. The molecule has 0 aromatic carbocycles. The molecule has 120 valence electrons. The van der Waals surface area contributed by atoms with E-state index < -0.39 is 30.6 Å². The second kappa shape index (κ2) is 6.18. The first-order valence-electron chi connectivity index (χ1n) is 6.95. The number of amides is 3. The molecule has 2 rings (SSSR count). The third-order valence-electron chi connectivity index (χ3n) is 3.60. The zero-order valence-corrected chi connectivity index (χ0v) is 12.7. The normalized spacial score (nSPS) is 15.6. The number of aryl methyl sites for hydroxylation is 1. The first kappa shape index (κ1) is 16.0. The fourth-order valence-electron chi connectivity index (χ4n) is 2.58. The number of aliphatic hydroxyl groups is 1. The van der Waals surface area contributed by atoms with Crippen molar-refractivity contribution in [3.8, 4) is 0 Å². The van der Waals surface area contributed by atoms with Crippen molar-refractivity contribution in [3.05, 3.63) is 22.5 Å². The minimum Gasteiger partial charge on any atom is -0.451 e. The molecular weight excluding hydrogens is 290 g/mol. The van der Waals surface area contributed by atoms with E-state index in [1.165, 1.54) is 0 Å². The van der Waals surface area contributed by atoms with Crippen LogP contribution in [0.1, 0.15) is 40.3 Å². The summed E-state index contributed by atoms with van der Waals surface area (Å²) in [6.07, 6.45) is -0.715. The SMILES string of the molecule is Cc1[nH]c(C(=O)OCC(=O)N2CCNC2=O)c(C)c1[C@@H](C)O. The highest BCUT2D eigenvalue weighted by atomic mass is 16.5. The molecule has 1 aliphatic heterocycles. The highest BCUT2D eigenvalue weighted by Crippen LogP contribution is 2.24. The lowest BCUT2D eigenvalue weighted by molar-refractivity contribution is -0.130. The van der Waals surface area contributed by atoms with Gasteiger partial charge in [-0.15, -0.1) is 0 Å². The molecular formula is C14H19N3O5. The summed E-state index contributed by atoms with van der Waals surface area (Å²) in [6.45, 7) is 5.19. The van der Waals surface area contributed by atoms with Gasteiger partial charge in [-0.1, -0.05) is 0 Å². The smallest absolute Gasteiger partial charge is 0.355 e. The summed E-state index contributed by atoms with van der Waals surface area (Å²) in [5.41, 5.74) is 2.10. The quantitative estimate of drug-likeness (QED) is 0.697. The topological polar surface area (TPSA) is 112 Å². The Balaban J connectivity index is 2.02. The molecule has 0 aliphatic carbocycles. The standard InChI is InChI=1S/C14H19N3O5/c1-7-11(9(3)18)8(2)16-12(7)13(20)22-6-10(19)17-5-4-15-14(17)21/h9,16,18H,4-6H2,1-3H3,(H,15,21)/t9-/m1/s1. The number of ether oxygens (including phenoxy) is 1. The van der Waals surface area contributed by atoms with Gasteiger partial charge in [0.05, 0.1) is 6.10 Å². The Bertz CT molecular complexity index is 620. The molecule has 0 spiro atoms. The van der Waals surface area contributed by atoms with Crippen LogP contribution in [-0.4, -0.2) is 52.6 Å². The van der Waals surface area contributed by atoms with E-state index in [4.69, 9.17) is 4.74 Å². The average Bonchev–Trinajstić information content (AvgIpc) is 2.99. The molecule has 0 unspecified atom stereocenters. The summed E-state index contributed by atoms with van der Waals surface area (Å²) in [5, 5.41) is 12.2. The van der Waals surface area contributed by atoms with Gasteiger partial charge in [0, 0.05) is 24.3 Å². The van der Waals surface area contributed by atoms with Crippen LogP contribution >= 0.6 is 0 Å². The maximum absolute atomic E-state index is 12.0.